The molecule has 0 aliphatic heterocycles. The number of nitrogens with zero attached hydrogens (tertiary/aromatic N) is 1. The number of nitrogen functional groups attached to an aromatic ring is 1. The molecule has 4 nitrogen and oxygen atoms in total. The highest BCUT2D eigenvalue weighted by Gasteiger charge is 2.26. The summed E-state index contributed by atoms with van der Waals surface area (Å²) in [4.78, 5) is 11.6. The summed E-state index contributed by atoms with van der Waals surface area (Å²) in [6.45, 7) is 5.81. The molecule has 1 rings (SSSR count). The molecule has 0 aromatic carbocycles. The van der Waals surface area contributed by atoms with Crippen LogP contribution in [0.3, 0.4) is 0 Å². The maximum atomic E-state index is 10.8. The summed E-state index contributed by atoms with van der Waals surface area (Å²) in [7, 11) is 0. The van der Waals surface area contributed by atoms with Crippen LogP contribution in [0.1, 0.15) is 36.0 Å². The van der Waals surface area contributed by atoms with Gasteiger partial charge in [-0.2, -0.15) is 4.37 Å². The number of aromatic carboxylic acids is 1. The maximum Gasteiger partial charge on any atom is 0.340 e. The fourth-order valence-corrected chi connectivity index (χ4v) is 1.86. The van der Waals surface area contributed by atoms with Crippen LogP contribution in [0.25, 0.3) is 0 Å². The predicted octanol–water partition coefficient (Wildman–Crippen LogP) is 1.72. The van der Waals surface area contributed by atoms with Crippen LogP contribution in [0, 0.1) is 0 Å². The quantitative estimate of drug-likeness (QED) is 0.723. The van der Waals surface area contributed by atoms with Crippen molar-refractivity contribution in [1.29, 1.82) is 0 Å². The van der Waals surface area contributed by atoms with E-state index in [0.29, 0.717) is 0 Å². The number of carbonyl (C=O) groups is 1. The van der Waals surface area contributed by atoms with Crippen LogP contribution in [0.5, 0.6) is 0 Å². The third-order valence-electron chi connectivity index (χ3n) is 1.61. The molecule has 0 aliphatic rings. The monoisotopic (exact) mass is 200 g/mol. The molecule has 0 aliphatic carbocycles. The van der Waals surface area contributed by atoms with Gasteiger partial charge in [0.1, 0.15) is 5.56 Å². The summed E-state index contributed by atoms with van der Waals surface area (Å²) < 4.78 is 3.84. The van der Waals surface area contributed by atoms with Crippen molar-refractivity contribution in [1.82, 2.24) is 4.37 Å². The second kappa shape index (κ2) is 2.99. The second-order valence-electron chi connectivity index (χ2n) is 3.83. The summed E-state index contributed by atoms with van der Waals surface area (Å²) in [6, 6.07) is 0. The highest BCUT2D eigenvalue weighted by atomic mass is 32.1. The molecule has 1 aromatic heterocycles. The van der Waals surface area contributed by atoms with E-state index >= 15 is 0 Å². The number of aromatic nitrogens is 1. The van der Waals surface area contributed by atoms with Crippen LogP contribution in [0.4, 0.5) is 5.82 Å². The van der Waals surface area contributed by atoms with Gasteiger partial charge in [-0.25, -0.2) is 4.79 Å². The molecule has 0 amide bonds. The van der Waals surface area contributed by atoms with E-state index in [1.165, 1.54) is 0 Å². The summed E-state index contributed by atoms with van der Waals surface area (Å²) in [5, 5.41) is 8.89. The molecule has 0 atom stereocenters. The molecule has 0 spiro atoms. The first-order valence-electron chi connectivity index (χ1n) is 3.83. The van der Waals surface area contributed by atoms with Gasteiger partial charge in [-0.1, -0.05) is 20.8 Å². The molecular formula is C8H12N2O2S. The molecule has 0 bridgehead atoms. The van der Waals surface area contributed by atoms with E-state index in [-0.39, 0.29) is 16.8 Å². The number of rotatable bonds is 1. The molecule has 1 heterocycles. The molecule has 0 fully saturated rings. The normalized spacial score (nSPS) is 11.6. The van der Waals surface area contributed by atoms with Gasteiger partial charge in [0.25, 0.3) is 0 Å². The first kappa shape index (κ1) is 9.98. The van der Waals surface area contributed by atoms with Crippen LogP contribution >= 0.6 is 11.5 Å². The van der Waals surface area contributed by atoms with Crippen molar-refractivity contribution in [2.75, 3.05) is 5.73 Å². The van der Waals surface area contributed by atoms with Gasteiger partial charge in [-0.05, 0) is 16.9 Å². The fraction of sp³-hybridized carbons (Fsp3) is 0.500. The summed E-state index contributed by atoms with van der Waals surface area (Å²) in [5.41, 5.74) is 5.39. The van der Waals surface area contributed by atoms with Crippen molar-refractivity contribution in [2.24, 2.45) is 0 Å². The van der Waals surface area contributed by atoms with Crippen molar-refractivity contribution in [3.8, 4) is 0 Å². The van der Waals surface area contributed by atoms with E-state index in [1.54, 1.807) is 0 Å². The van der Waals surface area contributed by atoms with Crippen molar-refractivity contribution < 1.29 is 9.90 Å². The average molecular weight is 200 g/mol. The minimum atomic E-state index is -1.00. The van der Waals surface area contributed by atoms with E-state index in [4.69, 9.17) is 10.8 Å². The Balaban J connectivity index is 3.31. The lowest BCUT2D eigenvalue weighted by Crippen LogP contribution is -2.14. The van der Waals surface area contributed by atoms with E-state index in [1.807, 2.05) is 20.8 Å². The highest BCUT2D eigenvalue weighted by molar-refractivity contribution is 7.06. The van der Waals surface area contributed by atoms with Crippen molar-refractivity contribution in [3.05, 3.63) is 10.4 Å². The Morgan fingerprint density at radius 3 is 2.38 bits per heavy atom. The highest BCUT2D eigenvalue weighted by Crippen LogP contribution is 2.32. The Morgan fingerprint density at radius 2 is 2.08 bits per heavy atom. The van der Waals surface area contributed by atoms with Crippen molar-refractivity contribution >= 4 is 23.3 Å². The molecule has 1 aromatic rings. The Bertz CT molecular complexity index is 338. The third kappa shape index (κ3) is 1.80. The van der Waals surface area contributed by atoms with Gasteiger partial charge in [0, 0.05) is 4.88 Å². The summed E-state index contributed by atoms with van der Waals surface area (Å²) >= 11 is 1.16. The number of hydrogen-bond acceptors (Lipinski definition) is 4. The smallest absolute Gasteiger partial charge is 0.340 e. The van der Waals surface area contributed by atoms with E-state index in [2.05, 4.69) is 4.37 Å². The Morgan fingerprint density at radius 1 is 1.54 bits per heavy atom. The number of anilines is 1. The van der Waals surface area contributed by atoms with Crippen LogP contribution in [-0.4, -0.2) is 15.4 Å². The number of hydrogen-bond donors (Lipinski definition) is 2. The van der Waals surface area contributed by atoms with Gasteiger partial charge in [-0.3, -0.25) is 0 Å². The number of carboxylic acids is 1. The van der Waals surface area contributed by atoms with Crippen LogP contribution in [-0.2, 0) is 5.41 Å². The molecule has 0 saturated heterocycles. The fourth-order valence-electron chi connectivity index (χ4n) is 1.02. The SMILES string of the molecule is CC(C)(C)c1snc(N)c1C(=O)O. The molecule has 13 heavy (non-hydrogen) atoms. The summed E-state index contributed by atoms with van der Waals surface area (Å²) in [5.74, 6) is -0.890. The minimum absolute atomic E-state index is 0.113. The second-order valence-corrected chi connectivity index (χ2v) is 4.60. The van der Waals surface area contributed by atoms with Gasteiger partial charge in [-0.15, -0.1) is 0 Å². The zero-order chi connectivity index (χ0) is 10.2. The lowest BCUT2D eigenvalue weighted by molar-refractivity contribution is 0.0696. The van der Waals surface area contributed by atoms with Crippen molar-refractivity contribution in [3.63, 3.8) is 0 Å². The minimum Gasteiger partial charge on any atom is -0.478 e. The first-order valence-corrected chi connectivity index (χ1v) is 4.60. The summed E-state index contributed by atoms with van der Waals surface area (Å²) in [6.07, 6.45) is 0. The zero-order valence-corrected chi connectivity index (χ0v) is 8.60. The molecule has 0 saturated carbocycles. The van der Waals surface area contributed by atoms with E-state index in [9.17, 15) is 4.79 Å². The molecule has 0 radical (unpaired) electrons. The molecule has 3 N–H and O–H groups in total. The first-order chi connectivity index (χ1) is 5.84. The van der Waals surface area contributed by atoms with Gasteiger partial charge in [0.2, 0.25) is 0 Å². The lowest BCUT2D eigenvalue weighted by atomic mass is 9.91. The van der Waals surface area contributed by atoms with Gasteiger partial charge >= 0.3 is 5.97 Å². The van der Waals surface area contributed by atoms with Crippen molar-refractivity contribution in [2.45, 2.75) is 26.2 Å². The molecular weight excluding hydrogens is 188 g/mol. The van der Waals surface area contributed by atoms with E-state index < -0.39 is 5.97 Å². The maximum absolute atomic E-state index is 10.8. The van der Waals surface area contributed by atoms with Gasteiger partial charge in [0.05, 0.1) is 0 Å². The van der Waals surface area contributed by atoms with Gasteiger partial charge < -0.3 is 10.8 Å². The van der Waals surface area contributed by atoms with Gasteiger partial charge in [0.15, 0.2) is 5.82 Å². The zero-order valence-electron chi connectivity index (χ0n) is 7.79. The van der Waals surface area contributed by atoms with E-state index in [0.717, 1.165) is 16.4 Å². The molecule has 72 valence electrons. The van der Waals surface area contributed by atoms with Crippen LogP contribution in [0.2, 0.25) is 0 Å². The van der Waals surface area contributed by atoms with Crippen LogP contribution < -0.4 is 5.73 Å². The van der Waals surface area contributed by atoms with Crippen LogP contribution in [0.15, 0.2) is 0 Å². The molecule has 5 heteroatoms. The molecule has 0 unspecified atom stereocenters. The Hall–Kier alpha value is -1.10. The predicted molar refractivity (Wildman–Crippen MR) is 52.2 cm³/mol. The number of nitrogens with two attached hydrogens (primary N) is 1. The average Bonchev–Trinajstić information content (AvgIpc) is 2.28. The third-order valence-corrected chi connectivity index (χ3v) is 2.90. The lowest BCUT2D eigenvalue weighted by Gasteiger charge is -2.16. The standard InChI is InChI=1S/C8H12N2O2S/c1-8(2,3)5-4(7(11)12)6(9)10-13-5/h1-3H3,(H2,9,10)(H,11,12). The Labute approximate surface area is 80.6 Å². The Kier molecular flexibility index (Phi) is 2.30. The number of carboxylic acid groups (broad SMARTS) is 1. The largest absolute Gasteiger partial charge is 0.478 e. The topological polar surface area (TPSA) is 76.2 Å².